The van der Waals surface area contributed by atoms with Gasteiger partial charge < -0.3 is 4.74 Å². The molecule has 0 aliphatic heterocycles. The van der Waals surface area contributed by atoms with Gasteiger partial charge in [0.2, 0.25) is 0 Å². The van der Waals surface area contributed by atoms with Crippen LogP contribution in [0.4, 0.5) is 0 Å². The summed E-state index contributed by atoms with van der Waals surface area (Å²) in [6, 6.07) is 0. The van der Waals surface area contributed by atoms with Gasteiger partial charge in [0, 0.05) is 19.6 Å². The van der Waals surface area contributed by atoms with Gasteiger partial charge in [0.15, 0.2) is 0 Å². The Morgan fingerprint density at radius 1 is 1.56 bits per heavy atom. The van der Waals surface area contributed by atoms with Crippen LogP contribution in [-0.2, 0) is 4.74 Å². The fraction of sp³-hybridized carbons (Fsp3) is 1.00. The van der Waals surface area contributed by atoms with E-state index in [1.165, 1.54) is 0 Å². The van der Waals surface area contributed by atoms with Gasteiger partial charge in [-0.15, -0.1) is 11.6 Å². The maximum absolute atomic E-state index is 5.65. The lowest BCUT2D eigenvalue weighted by atomic mass is 10.1. The van der Waals surface area contributed by atoms with Crippen molar-refractivity contribution in [3.63, 3.8) is 0 Å². The van der Waals surface area contributed by atoms with Crippen molar-refractivity contribution < 1.29 is 4.74 Å². The molecule has 0 radical (unpaired) electrons. The van der Waals surface area contributed by atoms with E-state index in [2.05, 4.69) is 6.92 Å². The number of hydrogen-bond acceptors (Lipinski definition) is 1. The Hall–Kier alpha value is 0.250. The second kappa shape index (κ2) is 6.37. The molecule has 0 saturated carbocycles. The minimum absolute atomic E-state index is 0.645. The first kappa shape index (κ1) is 9.25. The summed E-state index contributed by atoms with van der Waals surface area (Å²) in [5.41, 5.74) is 0. The second-order valence-corrected chi connectivity index (χ2v) is 2.52. The summed E-state index contributed by atoms with van der Waals surface area (Å²) in [5.74, 6) is 1.41. The molecule has 0 aromatic heterocycles. The average molecular weight is 151 g/mol. The van der Waals surface area contributed by atoms with Gasteiger partial charge in [-0.1, -0.05) is 13.3 Å². The molecule has 9 heavy (non-hydrogen) atoms. The van der Waals surface area contributed by atoms with Crippen LogP contribution in [0.3, 0.4) is 0 Å². The largest absolute Gasteiger partial charge is 0.385 e. The molecule has 1 nitrogen and oxygen atoms in total. The summed E-state index contributed by atoms with van der Waals surface area (Å²) in [6.45, 7) is 2.99. The lowest BCUT2D eigenvalue weighted by molar-refractivity contribution is 0.180. The topological polar surface area (TPSA) is 9.23 Å². The van der Waals surface area contributed by atoms with Gasteiger partial charge in [0.25, 0.3) is 0 Å². The SMILES string of the molecule is CCC(CCl)CCOC. The molecule has 0 saturated heterocycles. The normalized spacial score (nSPS) is 13.7. The van der Waals surface area contributed by atoms with Crippen LogP contribution in [0.15, 0.2) is 0 Å². The summed E-state index contributed by atoms with van der Waals surface area (Å²) < 4.78 is 4.92. The molecule has 0 heterocycles. The Morgan fingerprint density at radius 2 is 2.22 bits per heavy atom. The molecule has 2 heteroatoms. The predicted octanol–water partition coefficient (Wildman–Crippen LogP) is 2.29. The standard InChI is InChI=1S/C7H15ClO/c1-3-7(6-8)4-5-9-2/h7H,3-6H2,1-2H3. The van der Waals surface area contributed by atoms with E-state index in [-0.39, 0.29) is 0 Å². The molecule has 0 aromatic rings. The molecule has 0 aromatic carbocycles. The molecule has 56 valence electrons. The zero-order valence-corrected chi connectivity index (χ0v) is 6.95. The van der Waals surface area contributed by atoms with Gasteiger partial charge in [0.1, 0.15) is 0 Å². The molecule has 0 aliphatic rings. The lowest BCUT2D eigenvalue weighted by Crippen LogP contribution is -2.03. The van der Waals surface area contributed by atoms with E-state index in [0.717, 1.165) is 25.3 Å². The number of rotatable bonds is 5. The van der Waals surface area contributed by atoms with Crippen LogP contribution >= 0.6 is 11.6 Å². The zero-order valence-electron chi connectivity index (χ0n) is 6.19. The molecule has 0 bridgehead atoms. The van der Waals surface area contributed by atoms with Gasteiger partial charge in [0.05, 0.1) is 0 Å². The molecule has 0 spiro atoms. The fourth-order valence-electron chi connectivity index (χ4n) is 0.675. The van der Waals surface area contributed by atoms with Crippen LogP contribution in [0.5, 0.6) is 0 Å². The number of hydrogen-bond donors (Lipinski definition) is 0. The van der Waals surface area contributed by atoms with E-state index in [4.69, 9.17) is 16.3 Å². The molecule has 0 amide bonds. The van der Waals surface area contributed by atoms with Crippen molar-refractivity contribution in [3.05, 3.63) is 0 Å². The minimum atomic E-state index is 0.645. The number of methoxy groups -OCH3 is 1. The summed E-state index contributed by atoms with van der Waals surface area (Å²) in [5, 5.41) is 0. The minimum Gasteiger partial charge on any atom is -0.385 e. The highest BCUT2D eigenvalue weighted by Gasteiger charge is 2.02. The van der Waals surface area contributed by atoms with E-state index in [9.17, 15) is 0 Å². The van der Waals surface area contributed by atoms with Crippen LogP contribution in [0, 0.1) is 5.92 Å². The fourth-order valence-corrected chi connectivity index (χ4v) is 1.05. The molecule has 1 unspecified atom stereocenters. The van der Waals surface area contributed by atoms with E-state index in [0.29, 0.717) is 5.92 Å². The third-order valence-electron chi connectivity index (χ3n) is 1.53. The van der Waals surface area contributed by atoms with Crippen LogP contribution < -0.4 is 0 Å². The summed E-state index contributed by atoms with van der Waals surface area (Å²) in [7, 11) is 1.72. The molecular formula is C7H15ClO. The Kier molecular flexibility index (Phi) is 6.55. The van der Waals surface area contributed by atoms with Crippen molar-refractivity contribution in [1.82, 2.24) is 0 Å². The average Bonchev–Trinajstić information content (AvgIpc) is 1.91. The van der Waals surface area contributed by atoms with Crippen molar-refractivity contribution in [1.29, 1.82) is 0 Å². The van der Waals surface area contributed by atoms with Crippen molar-refractivity contribution in [2.45, 2.75) is 19.8 Å². The molecule has 0 fully saturated rings. The maximum Gasteiger partial charge on any atom is 0.0465 e. The zero-order chi connectivity index (χ0) is 7.11. The Labute approximate surface area is 62.3 Å². The Morgan fingerprint density at radius 3 is 2.56 bits per heavy atom. The first-order valence-corrected chi connectivity index (χ1v) is 3.93. The second-order valence-electron chi connectivity index (χ2n) is 2.21. The summed E-state index contributed by atoms with van der Waals surface area (Å²) >= 11 is 5.65. The molecule has 0 N–H and O–H groups in total. The first-order chi connectivity index (χ1) is 4.35. The van der Waals surface area contributed by atoms with Crippen LogP contribution in [0.1, 0.15) is 19.8 Å². The molecular weight excluding hydrogens is 136 g/mol. The highest BCUT2D eigenvalue weighted by molar-refractivity contribution is 6.18. The highest BCUT2D eigenvalue weighted by Crippen LogP contribution is 2.09. The van der Waals surface area contributed by atoms with Crippen LogP contribution in [0.25, 0.3) is 0 Å². The number of halogens is 1. The summed E-state index contributed by atoms with van der Waals surface area (Å²) in [4.78, 5) is 0. The third kappa shape index (κ3) is 4.73. The summed E-state index contributed by atoms with van der Waals surface area (Å²) in [6.07, 6.45) is 2.25. The third-order valence-corrected chi connectivity index (χ3v) is 1.96. The van der Waals surface area contributed by atoms with Crippen molar-refractivity contribution in [2.24, 2.45) is 5.92 Å². The van der Waals surface area contributed by atoms with Crippen molar-refractivity contribution >= 4 is 11.6 Å². The lowest BCUT2D eigenvalue weighted by Gasteiger charge is -2.08. The predicted molar refractivity (Wildman–Crippen MR) is 41.0 cm³/mol. The number of alkyl halides is 1. The quantitative estimate of drug-likeness (QED) is 0.547. The maximum atomic E-state index is 5.65. The van der Waals surface area contributed by atoms with Gasteiger partial charge in [-0.25, -0.2) is 0 Å². The Balaban J connectivity index is 3.09. The van der Waals surface area contributed by atoms with Gasteiger partial charge >= 0.3 is 0 Å². The monoisotopic (exact) mass is 150 g/mol. The van der Waals surface area contributed by atoms with Crippen molar-refractivity contribution in [3.8, 4) is 0 Å². The van der Waals surface area contributed by atoms with E-state index >= 15 is 0 Å². The molecule has 0 aliphatic carbocycles. The van der Waals surface area contributed by atoms with Crippen molar-refractivity contribution in [2.75, 3.05) is 19.6 Å². The van der Waals surface area contributed by atoms with Gasteiger partial charge in [-0.05, 0) is 12.3 Å². The van der Waals surface area contributed by atoms with E-state index in [1.807, 2.05) is 0 Å². The highest BCUT2D eigenvalue weighted by atomic mass is 35.5. The van der Waals surface area contributed by atoms with Gasteiger partial charge in [-0.2, -0.15) is 0 Å². The van der Waals surface area contributed by atoms with Gasteiger partial charge in [-0.3, -0.25) is 0 Å². The van der Waals surface area contributed by atoms with Crippen LogP contribution in [0.2, 0.25) is 0 Å². The molecule has 0 rings (SSSR count). The van der Waals surface area contributed by atoms with E-state index < -0.39 is 0 Å². The van der Waals surface area contributed by atoms with Crippen LogP contribution in [-0.4, -0.2) is 19.6 Å². The number of ether oxygens (including phenoxy) is 1. The Bertz CT molecular complexity index is 52.9. The first-order valence-electron chi connectivity index (χ1n) is 3.40. The molecule has 1 atom stereocenters. The van der Waals surface area contributed by atoms with E-state index in [1.54, 1.807) is 7.11 Å². The smallest absolute Gasteiger partial charge is 0.0465 e.